The molecule has 4 heteroatoms. The van der Waals surface area contributed by atoms with Crippen molar-refractivity contribution in [1.82, 2.24) is 15.1 Å². The monoisotopic (exact) mass is 251 g/mol. The number of aromatic nitrogens is 2. The van der Waals surface area contributed by atoms with Gasteiger partial charge in [0.15, 0.2) is 0 Å². The fraction of sp³-hybridized carbons (Fsp3) is 0.786. The van der Waals surface area contributed by atoms with Crippen molar-refractivity contribution in [2.24, 2.45) is 0 Å². The van der Waals surface area contributed by atoms with E-state index in [-0.39, 0.29) is 5.60 Å². The molecule has 0 aliphatic carbocycles. The van der Waals surface area contributed by atoms with Crippen LogP contribution in [-0.2, 0) is 17.8 Å². The molecule has 4 nitrogen and oxygen atoms in total. The normalized spacial score (nSPS) is 23.2. The molecule has 1 aliphatic rings. The standard InChI is InChI=1S/C14H25N3O/c1-4-8-17-13(5-7-16-17)11-15-12-6-9-18-14(2,3)10-12/h5,7,12,15H,4,6,8-11H2,1-3H3. The van der Waals surface area contributed by atoms with E-state index in [0.717, 1.165) is 39.0 Å². The Morgan fingerprint density at radius 1 is 1.56 bits per heavy atom. The molecule has 1 N–H and O–H groups in total. The topological polar surface area (TPSA) is 39.1 Å². The van der Waals surface area contributed by atoms with Crippen LogP contribution in [0.1, 0.15) is 45.7 Å². The molecule has 0 aromatic carbocycles. The van der Waals surface area contributed by atoms with Gasteiger partial charge in [-0.2, -0.15) is 5.10 Å². The molecule has 1 unspecified atom stereocenters. The van der Waals surface area contributed by atoms with E-state index in [2.05, 4.69) is 41.9 Å². The van der Waals surface area contributed by atoms with Crippen molar-refractivity contribution in [3.8, 4) is 0 Å². The van der Waals surface area contributed by atoms with Crippen LogP contribution in [0.4, 0.5) is 0 Å². The zero-order valence-electron chi connectivity index (χ0n) is 11.8. The Labute approximate surface area is 110 Å². The minimum Gasteiger partial charge on any atom is -0.375 e. The first kappa shape index (κ1) is 13.6. The highest BCUT2D eigenvalue weighted by Gasteiger charge is 2.28. The number of ether oxygens (including phenoxy) is 1. The molecular weight excluding hydrogens is 226 g/mol. The third-order valence-corrected chi connectivity index (χ3v) is 3.51. The molecule has 2 rings (SSSR count). The highest BCUT2D eigenvalue weighted by molar-refractivity contribution is 5.00. The van der Waals surface area contributed by atoms with Gasteiger partial charge in [-0.25, -0.2) is 0 Å². The summed E-state index contributed by atoms with van der Waals surface area (Å²) in [4.78, 5) is 0. The zero-order chi connectivity index (χ0) is 13.0. The number of nitrogens with one attached hydrogen (secondary N) is 1. The molecule has 1 aliphatic heterocycles. The Morgan fingerprint density at radius 3 is 3.11 bits per heavy atom. The lowest BCUT2D eigenvalue weighted by Crippen LogP contribution is -2.43. The fourth-order valence-corrected chi connectivity index (χ4v) is 2.58. The maximum absolute atomic E-state index is 5.74. The van der Waals surface area contributed by atoms with Crippen molar-refractivity contribution in [3.63, 3.8) is 0 Å². The SMILES string of the molecule is CCCn1nccc1CNC1CCOC(C)(C)C1. The summed E-state index contributed by atoms with van der Waals surface area (Å²) in [6.07, 6.45) is 5.19. The van der Waals surface area contributed by atoms with Gasteiger partial charge in [0.05, 0.1) is 11.3 Å². The van der Waals surface area contributed by atoms with Crippen LogP contribution in [0, 0.1) is 0 Å². The Morgan fingerprint density at radius 2 is 2.39 bits per heavy atom. The van der Waals surface area contributed by atoms with Crippen molar-refractivity contribution in [3.05, 3.63) is 18.0 Å². The number of aryl methyl sites for hydroxylation is 1. The van der Waals surface area contributed by atoms with E-state index in [1.54, 1.807) is 0 Å². The van der Waals surface area contributed by atoms with Gasteiger partial charge < -0.3 is 10.1 Å². The van der Waals surface area contributed by atoms with E-state index in [1.165, 1.54) is 5.69 Å². The Bertz CT molecular complexity index is 373. The molecule has 0 bridgehead atoms. The first-order chi connectivity index (χ1) is 8.61. The van der Waals surface area contributed by atoms with Crippen molar-refractivity contribution in [2.45, 2.75) is 64.8 Å². The Kier molecular flexibility index (Phi) is 4.40. The van der Waals surface area contributed by atoms with Gasteiger partial charge >= 0.3 is 0 Å². The van der Waals surface area contributed by atoms with Gasteiger partial charge in [-0.3, -0.25) is 4.68 Å². The molecule has 102 valence electrons. The summed E-state index contributed by atoms with van der Waals surface area (Å²) in [6.45, 7) is 9.28. The highest BCUT2D eigenvalue weighted by Crippen LogP contribution is 2.24. The number of hydrogen-bond donors (Lipinski definition) is 1. The summed E-state index contributed by atoms with van der Waals surface area (Å²) >= 11 is 0. The fourth-order valence-electron chi connectivity index (χ4n) is 2.58. The summed E-state index contributed by atoms with van der Waals surface area (Å²) in [6, 6.07) is 2.66. The smallest absolute Gasteiger partial charge is 0.0641 e. The minimum absolute atomic E-state index is 0.0135. The van der Waals surface area contributed by atoms with E-state index < -0.39 is 0 Å². The second kappa shape index (κ2) is 5.85. The van der Waals surface area contributed by atoms with Crippen LogP contribution in [0.3, 0.4) is 0 Å². The van der Waals surface area contributed by atoms with E-state index in [0.29, 0.717) is 6.04 Å². The molecule has 1 aromatic heterocycles. The maximum Gasteiger partial charge on any atom is 0.0641 e. The number of hydrogen-bond acceptors (Lipinski definition) is 3. The molecule has 0 spiro atoms. The lowest BCUT2D eigenvalue weighted by molar-refractivity contribution is -0.0631. The molecule has 2 heterocycles. The average molecular weight is 251 g/mol. The second-order valence-electron chi connectivity index (χ2n) is 5.72. The van der Waals surface area contributed by atoms with Crippen molar-refractivity contribution in [2.75, 3.05) is 6.61 Å². The molecule has 0 saturated carbocycles. The lowest BCUT2D eigenvalue weighted by Gasteiger charge is -2.36. The summed E-state index contributed by atoms with van der Waals surface area (Å²) in [5.74, 6) is 0. The van der Waals surface area contributed by atoms with Crippen LogP contribution in [0.15, 0.2) is 12.3 Å². The maximum atomic E-state index is 5.74. The second-order valence-corrected chi connectivity index (χ2v) is 5.72. The van der Waals surface area contributed by atoms with Crippen LogP contribution >= 0.6 is 0 Å². The predicted octanol–water partition coefficient (Wildman–Crippen LogP) is 2.34. The number of rotatable bonds is 5. The van der Waals surface area contributed by atoms with Gasteiger partial charge in [0.2, 0.25) is 0 Å². The van der Waals surface area contributed by atoms with Crippen LogP contribution in [0.5, 0.6) is 0 Å². The largest absolute Gasteiger partial charge is 0.375 e. The van der Waals surface area contributed by atoms with Crippen molar-refractivity contribution < 1.29 is 4.74 Å². The van der Waals surface area contributed by atoms with Crippen molar-refractivity contribution >= 4 is 0 Å². The first-order valence-electron chi connectivity index (χ1n) is 6.99. The van der Waals surface area contributed by atoms with Crippen LogP contribution < -0.4 is 5.32 Å². The molecule has 1 aromatic rings. The predicted molar refractivity (Wildman–Crippen MR) is 72.4 cm³/mol. The molecule has 1 saturated heterocycles. The third-order valence-electron chi connectivity index (χ3n) is 3.51. The van der Waals surface area contributed by atoms with Crippen LogP contribution in [-0.4, -0.2) is 28.0 Å². The summed E-state index contributed by atoms with van der Waals surface area (Å²) in [5, 5.41) is 7.99. The van der Waals surface area contributed by atoms with Crippen LogP contribution in [0.2, 0.25) is 0 Å². The lowest BCUT2D eigenvalue weighted by atomic mass is 9.94. The van der Waals surface area contributed by atoms with Gasteiger partial charge in [0.25, 0.3) is 0 Å². The Hall–Kier alpha value is -0.870. The first-order valence-corrected chi connectivity index (χ1v) is 6.99. The molecule has 1 fully saturated rings. The van der Waals surface area contributed by atoms with Gasteiger partial charge in [-0.05, 0) is 39.2 Å². The van der Waals surface area contributed by atoms with Gasteiger partial charge in [0, 0.05) is 31.9 Å². The molecule has 1 atom stereocenters. The molecule has 0 radical (unpaired) electrons. The van der Waals surface area contributed by atoms with E-state index in [9.17, 15) is 0 Å². The van der Waals surface area contributed by atoms with Gasteiger partial charge in [-0.15, -0.1) is 0 Å². The van der Waals surface area contributed by atoms with E-state index in [1.807, 2.05) is 6.20 Å². The molecule has 18 heavy (non-hydrogen) atoms. The van der Waals surface area contributed by atoms with Crippen LogP contribution in [0.25, 0.3) is 0 Å². The average Bonchev–Trinajstić information content (AvgIpc) is 2.73. The third kappa shape index (κ3) is 3.56. The van der Waals surface area contributed by atoms with Gasteiger partial charge in [-0.1, -0.05) is 6.92 Å². The van der Waals surface area contributed by atoms with Gasteiger partial charge in [0.1, 0.15) is 0 Å². The zero-order valence-corrected chi connectivity index (χ0v) is 11.8. The quantitative estimate of drug-likeness (QED) is 0.873. The summed E-state index contributed by atoms with van der Waals surface area (Å²) < 4.78 is 7.83. The minimum atomic E-state index is 0.0135. The molecule has 0 amide bonds. The Balaban J connectivity index is 1.85. The van der Waals surface area contributed by atoms with E-state index >= 15 is 0 Å². The van der Waals surface area contributed by atoms with Crippen molar-refractivity contribution in [1.29, 1.82) is 0 Å². The van der Waals surface area contributed by atoms with E-state index in [4.69, 9.17) is 4.74 Å². The highest BCUT2D eigenvalue weighted by atomic mass is 16.5. The molecular formula is C14H25N3O. The summed E-state index contributed by atoms with van der Waals surface area (Å²) in [5.41, 5.74) is 1.29. The summed E-state index contributed by atoms with van der Waals surface area (Å²) in [7, 11) is 0. The number of nitrogens with zero attached hydrogens (tertiary/aromatic N) is 2.